The number of carbonyl (C=O) groups is 1. The maximum absolute atomic E-state index is 11.3. The molecule has 0 aromatic carbocycles. The van der Waals surface area contributed by atoms with Crippen LogP contribution in [0.4, 0.5) is 0 Å². The Labute approximate surface area is 95.8 Å². The molecule has 2 nitrogen and oxygen atoms in total. The molecule has 0 saturated heterocycles. The third kappa shape index (κ3) is 2.17. The Morgan fingerprint density at radius 2 is 2.07 bits per heavy atom. The summed E-state index contributed by atoms with van der Waals surface area (Å²) in [7, 11) is 0. The van der Waals surface area contributed by atoms with Crippen LogP contribution in [0, 0.1) is 5.92 Å². The molecule has 2 unspecified atom stereocenters. The molecule has 2 fully saturated rings. The van der Waals surface area contributed by atoms with Crippen molar-refractivity contribution in [2.24, 2.45) is 5.92 Å². The third-order valence-corrected chi connectivity index (χ3v) is 5.73. The van der Waals surface area contributed by atoms with Gasteiger partial charge in [0.2, 0.25) is 0 Å². The maximum atomic E-state index is 11.3. The molecule has 1 N–H and O–H groups in total. The lowest BCUT2D eigenvalue weighted by atomic mass is 10.0. The molecule has 0 bridgehead atoms. The van der Waals surface area contributed by atoms with Crippen LogP contribution in [0.2, 0.25) is 0 Å². The van der Waals surface area contributed by atoms with E-state index in [1.165, 1.54) is 32.1 Å². The van der Waals surface area contributed by atoms with Gasteiger partial charge in [-0.3, -0.25) is 4.79 Å². The van der Waals surface area contributed by atoms with Crippen LogP contribution in [0.3, 0.4) is 0 Å². The van der Waals surface area contributed by atoms with Gasteiger partial charge in [0.05, 0.1) is 0 Å². The van der Waals surface area contributed by atoms with Crippen molar-refractivity contribution in [3.05, 3.63) is 0 Å². The van der Waals surface area contributed by atoms with Gasteiger partial charge in [-0.2, -0.15) is 0 Å². The lowest BCUT2D eigenvalue weighted by Gasteiger charge is -2.24. The van der Waals surface area contributed by atoms with E-state index in [4.69, 9.17) is 0 Å². The van der Waals surface area contributed by atoms with Crippen LogP contribution >= 0.6 is 11.8 Å². The van der Waals surface area contributed by atoms with E-state index in [-0.39, 0.29) is 0 Å². The van der Waals surface area contributed by atoms with Crippen LogP contribution in [-0.4, -0.2) is 21.1 Å². The van der Waals surface area contributed by atoms with Crippen molar-refractivity contribution in [3.8, 4) is 0 Å². The summed E-state index contributed by atoms with van der Waals surface area (Å²) in [6.07, 6.45) is 8.32. The van der Waals surface area contributed by atoms with E-state index in [0.717, 1.165) is 12.8 Å². The van der Waals surface area contributed by atoms with E-state index in [2.05, 4.69) is 6.92 Å². The minimum absolute atomic E-state index is 0.392. The average molecular weight is 228 g/mol. The van der Waals surface area contributed by atoms with Crippen molar-refractivity contribution < 1.29 is 9.90 Å². The topological polar surface area (TPSA) is 37.3 Å². The van der Waals surface area contributed by atoms with Gasteiger partial charge < -0.3 is 5.11 Å². The van der Waals surface area contributed by atoms with Crippen molar-refractivity contribution in [3.63, 3.8) is 0 Å². The smallest absolute Gasteiger partial charge is 0.320 e. The molecule has 2 aliphatic carbocycles. The largest absolute Gasteiger partial charge is 0.480 e. The van der Waals surface area contributed by atoms with Crippen LogP contribution in [0.1, 0.15) is 51.9 Å². The van der Waals surface area contributed by atoms with Crippen LogP contribution in [-0.2, 0) is 4.79 Å². The van der Waals surface area contributed by atoms with Gasteiger partial charge in [0, 0.05) is 5.25 Å². The predicted octanol–water partition coefficient (Wildman–Crippen LogP) is 3.31. The summed E-state index contributed by atoms with van der Waals surface area (Å²) in [4.78, 5) is 11.3. The molecular weight excluding hydrogens is 208 g/mol. The highest BCUT2D eigenvalue weighted by Crippen LogP contribution is 2.58. The molecule has 86 valence electrons. The summed E-state index contributed by atoms with van der Waals surface area (Å²) in [6.45, 7) is 2.11. The number of hydrogen-bond acceptors (Lipinski definition) is 2. The number of rotatable bonds is 4. The van der Waals surface area contributed by atoms with Crippen molar-refractivity contribution in [2.45, 2.75) is 61.9 Å². The van der Waals surface area contributed by atoms with Crippen molar-refractivity contribution in [1.29, 1.82) is 0 Å². The van der Waals surface area contributed by atoms with E-state index in [1.807, 2.05) is 0 Å². The molecule has 3 heteroatoms. The fourth-order valence-corrected chi connectivity index (χ4v) is 4.64. The van der Waals surface area contributed by atoms with Gasteiger partial charge in [-0.05, 0) is 25.2 Å². The average Bonchev–Trinajstić information content (AvgIpc) is 2.94. The van der Waals surface area contributed by atoms with Crippen LogP contribution in [0.25, 0.3) is 0 Å². The molecule has 0 amide bonds. The standard InChI is InChI=1S/C12H20O2S/c1-2-9-8-12(9,11(13)14)15-10-6-4-3-5-7-10/h9-10H,2-8H2,1H3,(H,13,14). The number of carboxylic acids is 1. The Kier molecular flexibility index (Phi) is 3.29. The van der Waals surface area contributed by atoms with E-state index in [0.29, 0.717) is 11.2 Å². The second-order valence-electron chi connectivity index (χ2n) is 4.88. The van der Waals surface area contributed by atoms with E-state index < -0.39 is 10.7 Å². The van der Waals surface area contributed by atoms with Crippen molar-refractivity contribution >= 4 is 17.7 Å². The van der Waals surface area contributed by atoms with Gasteiger partial charge >= 0.3 is 5.97 Å². The zero-order valence-corrected chi connectivity index (χ0v) is 10.2. The minimum atomic E-state index is -0.565. The molecular formula is C12H20O2S. The Hall–Kier alpha value is -0.180. The molecule has 15 heavy (non-hydrogen) atoms. The van der Waals surface area contributed by atoms with Crippen LogP contribution in [0.15, 0.2) is 0 Å². The first-order valence-electron chi connectivity index (χ1n) is 6.10. The first-order chi connectivity index (χ1) is 7.19. The molecule has 0 aromatic rings. The van der Waals surface area contributed by atoms with Gasteiger partial charge in [0.25, 0.3) is 0 Å². The van der Waals surface area contributed by atoms with E-state index in [9.17, 15) is 9.90 Å². The molecule has 0 aliphatic heterocycles. The lowest BCUT2D eigenvalue weighted by Crippen LogP contribution is -2.25. The molecule has 0 spiro atoms. The number of hydrogen-bond donors (Lipinski definition) is 1. The maximum Gasteiger partial charge on any atom is 0.320 e. The summed E-state index contributed by atoms with van der Waals surface area (Å²) in [5.74, 6) is -0.133. The fourth-order valence-electron chi connectivity index (χ4n) is 2.72. The van der Waals surface area contributed by atoms with E-state index >= 15 is 0 Å². The van der Waals surface area contributed by atoms with Crippen LogP contribution in [0.5, 0.6) is 0 Å². The summed E-state index contributed by atoms with van der Waals surface area (Å²) >= 11 is 1.78. The minimum Gasteiger partial charge on any atom is -0.480 e. The van der Waals surface area contributed by atoms with Gasteiger partial charge in [-0.1, -0.05) is 32.6 Å². The Morgan fingerprint density at radius 3 is 2.53 bits per heavy atom. The summed E-state index contributed by atoms with van der Waals surface area (Å²) in [6, 6.07) is 0. The molecule has 2 rings (SSSR count). The summed E-state index contributed by atoms with van der Waals surface area (Å²) in [5, 5.41) is 9.93. The quantitative estimate of drug-likeness (QED) is 0.802. The number of aliphatic carboxylic acids is 1. The number of carboxylic acid groups (broad SMARTS) is 1. The first kappa shape index (κ1) is 11.3. The van der Waals surface area contributed by atoms with Gasteiger partial charge in [-0.25, -0.2) is 0 Å². The number of thioether (sulfide) groups is 1. The third-order valence-electron chi connectivity index (χ3n) is 3.83. The van der Waals surface area contributed by atoms with Crippen molar-refractivity contribution in [2.75, 3.05) is 0 Å². The van der Waals surface area contributed by atoms with Gasteiger partial charge in [-0.15, -0.1) is 11.8 Å². The fraction of sp³-hybridized carbons (Fsp3) is 0.917. The second kappa shape index (κ2) is 4.36. The highest BCUT2D eigenvalue weighted by atomic mass is 32.2. The van der Waals surface area contributed by atoms with Crippen LogP contribution < -0.4 is 0 Å². The van der Waals surface area contributed by atoms with E-state index in [1.54, 1.807) is 11.8 Å². The first-order valence-corrected chi connectivity index (χ1v) is 6.98. The van der Waals surface area contributed by atoms with Gasteiger partial charge in [0.15, 0.2) is 0 Å². The Bertz CT molecular complexity index is 248. The highest BCUT2D eigenvalue weighted by molar-refractivity contribution is 8.02. The monoisotopic (exact) mass is 228 g/mol. The Morgan fingerprint density at radius 1 is 1.40 bits per heavy atom. The second-order valence-corrected chi connectivity index (χ2v) is 6.51. The predicted molar refractivity (Wildman–Crippen MR) is 63.2 cm³/mol. The molecule has 2 saturated carbocycles. The normalized spacial score (nSPS) is 36.5. The molecule has 0 heterocycles. The summed E-state index contributed by atoms with van der Waals surface area (Å²) < 4.78 is -0.392. The molecule has 0 aromatic heterocycles. The van der Waals surface area contributed by atoms with Crippen molar-refractivity contribution in [1.82, 2.24) is 0 Å². The lowest BCUT2D eigenvalue weighted by molar-refractivity contribution is -0.137. The van der Waals surface area contributed by atoms with Gasteiger partial charge in [0.1, 0.15) is 4.75 Å². The highest BCUT2D eigenvalue weighted by Gasteiger charge is 2.60. The summed E-state index contributed by atoms with van der Waals surface area (Å²) in [5.41, 5.74) is 0. The molecule has 0 radical (unpaired) electrons. The zero-order chi connectivity index (χ0) is 10.9. The Balaban J connectivity index is 1.93. The molecule has 2 atom stereocenters. The SMILES string of the molecule is CCC1CC1(SC1CCCCC1)C(=O)O. The molecule has 2 aliphatic rings. The zero-order valence-electron chi connectivity index (χ0n) is 9.37.